The van der Waals surface area contributed by atoms with Crippen molar-refractivity contribution in [1.29, 1.82) is 0 Å². The van der Waals surface area contributed by atoms with E-state index in [-0.39, 0.29) is 24.4 Å². The maximum atomic E-state index is 10.8. The van der Waals surface area contributed by atoms with Crippen molar-refractivity contribution in [2.45, 2.75) is 32.9 Å². The second-order valence-electron chi connectivity index (χ2n) is 4.37. The Morgan fingerprint density at radius 1 is 1.39 bits per heavy atom. The van der Waals surface area contributed by atoms with Gasteiger partial charge in [-0.1, -0.05) is 0 Å². The topological polar surface area (TPSA) is 84.6 Å². The summed E-state index contributed by atoms with van der Waals surface area (Å²) in [5, 5.41) is 22.7. The zero-order valence-electron chi connectivity index (χ0n) is 10.7. The number of nitro groups is 1. The lowest BCUT2D eigenvalue weighted by atomic mass is 10.2. The molecular weight excluding hydrogens is 236 g/mol. The number of non-ortho nitro benzene ring substituents is 1. The lowest BCUT2D eigenvalue weighted by Crippen LogP contribution is -2.19. The van der Waals surface area contributed by atoms with Crippen molar-refractivity contribution in [2.24, 2.45) is 0 Å². The number of anilines is 1. The first-order chi connectivity index (χ1) is 8.42. The lowest BCUT2D eigenvalue weighted by Gasteiger charge is -2.15. The van der Waals surface area contributed by atoms with Gasteiger partial charge in [-0.25, -0.2) is 0 Å². The van der Waals surface area contributed by atoms with Gasteiger partial charge in [0.1, 0.15) is 5.75 Å². The van der Waals surface area contributed by atoms with E-state index in [0.717, 1.165) is 0 Å². The Balaban J connectivity index is 3.01. The predicted octanol–water partition coefficient (Wildman–Crippen LogP) is 2.17. The van der Waals surface area contributed by atoms with Gasteiger partial charge >= 0.3 is 0 Å². The largest absolute Gasteiger partial charge is 0.491 e. The van der Waals surface area contributed by atoms with Crippen LogP contribution in [0.5, 0.6) is 5.75 Å². The molecule has 0 heterocycles. The van der Waals surface area contributed by atoms with Gasteiger partial charge in [-0.2, -0.15) is 0 Å². The van der Waals surface area contributed by atoms with Crippen LogP contribution in [0.15, 0.2) is 18.2 Å². The number of nitrogens with zero attached hydrogens (tertiary/aromatic N) is 1. The highest BCUT2D eigenvalue weighted by Gasteiger charge is 2.12. The Morgan fingerprint density at radius 3 is 2.56 bits per heavy atom. The first-order valence-corrected chi connectivity index (χ1v) is 5.76. The van der Waals surface area contributed by atoms with Crippen molar-refractivity contribution in [1.82, 2.24) is 0 Å². The van der Waals surface area contributed by atoms with E-state index in [2.05, 4.69) is 5.32 Å². The molecule has 0 fully saturated rings. The minimum atomic E-state index is -0.470. The second-order valence-corrected chi connectivity index (χ2v) is 4.37. The molecule has 0 amide bonds. The van der Waals surface area contributed by atoms with Crippen LogP contribution in [0, 0.1) is 10.1 Å². The highest BCUT2D eigenvalue weighted by atomic mass is 16.6. The summed E-state index contributed by atoms with van der Waals surface area (Å²) in [7, 11) is 0. The zero-order valence-corrected chi connectivity index (χ0v) is 10.7. The van der Waals surface area contributed by atoms with Crippen molar-refractivity contribution in [3.63, 3.8) is 0 Å². The fourth-order valence-corrected chi connectivity index (χ4v) is 1.44. The van der Waals surface area contributed by atoms with Gasteiger partial charge in [-0.05, 0) is 20.8 Å². The number of aliphatic hydroxyl groups excluding tert-OH is 1. The van der Waals surface area contributed by atoms with E-state index in [1.807, 2.05) is 13.8 Å². The Hall–Kier alpha value is -1.82. The molecule has 0 aromatic heterocycles. The molecule has 1 aromatic carbocycles. The van der Waals surface area contributed by atoms with Crippen LogP contribution in [0.2, 0.25) is 0 Å². The molecule has 1 unspecified atom stereocenters. The number of benzene rings is 1. The highest BCUT2D eigenvalue weighted by molar-refractivity contribution is 5.56. The number of rotatable bonds is 6. The minimum absolute atomic E-state index is 0.0409. The molecule has 18 heavy (non-hydrogen) atoms. The molecule has 6 heteroatoms. The quantitative estimate of drug-likeness (QED) is 0.600. The monoisotopic (exact) mass is 254 g/mol. The molecule has 1 atom stereocenters. The van der Waals surface area contributed by atoms with Gasteiger partial charge in [-0.3, -0.25) is 10.1 Å². The van der Waals surface area contributed by atoms with Crippen molar-refractivity contribution in [3.8, 4) is 5.75 Å². The molecule has 0 aliphatic rings. The van der Waals surface area contributed by atoms with Crippen LogP contribution in [0.1, 0.15) is 20.8 Å². The second kappa shape index (κ2) is 6.20. The van der Waals surface area contributed by atoms with Gasteiger partial charge in [0.2, 0.25) is 0 Å². The number of nitro benzene ring substituents is 1. The number of hydrogen-bond acceptors (Lipinski definition) is 5. The molecule has 0 radical (unpaired) electrons. The molecular formula is C12H18N2O4. The number of ether oxygens (including phenoxy) is 1. The SMILES string of the molecule is CC(CO)Nc1cc(OC(C)C)cc([N+](=O)[O-])c1. The average molecular weight is 254 g/mol. The molecule has 1 aromatic rings. The van der Waals surface area contributed by atoms with E-state index >= 15 is 0 Å². The van der Waals surface area contributed by atoms with E-state index < -0.39 is 4.92 Å². The van der Waals surface area contributed by atoms with Gasteiger partial charge in [-0.15, -0.1) is 0 Å². The van der Waals surface area contributed by atoms with Crippen LogP contribution >= 0.6 is 0 Å². The number of hydrogen-bond donors (Lipinski definition) is 2. The summed E-state index contributed by atoms with van der Waals surface area (Å²) in [5.74, 6) is 0.437. The molecule has 0 aliphatic carbocycles. The van der Waals surface area contributed by atoms with Crippen LogP contribution in [-0.4, -0.2) is 28.8 Å². The molecule has 100 valence electrons. The van der Waals surface area contributed by atoms with Crippen molar-refractivity contribution in [2.75, 3.05) is 11.9 Å². The third kappa shape index (κ3) is 4.21. The molecule has 0 bridgehead atoms. The van der Waals surface area contributed by atoms with Gasteiger partial charge in [0.25, 0.3) is 5.69 Å². The standard InChI is InChI=1S/C12H18N2O4/c1-8(2)18-12-5-10(13-9(3)7-15)4-11(6-12)14(16)17/h4-6,8-9,13,15H,7H2,1-3H3. The normalized spacial score (nSPS) is 12.3. The van der Waals surface area contributed by atoms with Gasteiger partial charge < -0.3 is 15.2 Å². The fraction of sp³-hybridized carbons (Fsp3) is 0.500. The summed E-state index contributed by atoms with van der Waals surface area (Å²) in [6.07, 6.45) is -0.0601. The average Bonchev–Trinajstić information content (AvgIpc) is 2.27. The van der Waals surface area contributed by atoms with Crippen LogP contribution in [0.25, 0.3) is 0 Å². The molecule has 1 rings (SSSR count). The number of nitrogens with one attached hydrogen (secondary N) is 1. The van der Waals surface area contributed by atoms with E-state index in [9.17, 15) is 10.1 Å². The summed E-state index contributed by atoms with van der Waals surface area (Å²) in [5.41, 5.74) is 0.516. The van der Waals surface area contributed by atoms with Gasteiger partial charge in [0.15, 0.2) is 0 Å². The summed E-state index contributed by atoms with van der Waals surface area (Å²) in [4.78, 5) is 10.3. The van der Waals surface area contributed by atoms with Crippen molar-refractivity contribution >= 4 is 11.4 Å². The van der Waals surface area contributed by atoms with E-state index in [1.54, 1.807) is 13.0 Å². The summed E-state index contributed by atoms with van der Waals surface area (Å²) in [6, 6.07) is 4.30. The lowest BCUT2D eigenvalue weighted by molar-refractivity contribution is -0.384. The third-order valence-corrected chi connectivity index (χ3v) is 2.16. The first kappa shape index (κ1) is 14.2. The van der Waals surface area contributed by atoms with E-state index in [4.69, 9.17) is 9.84 Å². The van der Waals surface area contributed by atoms with E-state index in [1.165, 1.54) is 12.1 Å². The Bertz CT molecular complexity index is 421. The first-order valence-electron chi connectivity index (χ1n) is 5.76. The van der Waals surface area contributed by atoms with Crippen LogP contribution in [-0.2, 0) is 0 Å². The molecule has 6 nitrogen and oxygen atoms in total. The Kier molecular flexibility index (Phi) is 4.91. The minimum Gasteiger partial charge on any atom is -0.491 e. The highest BCUT2D eigenvalue weighted by Crippen LogP contribution is 2.27. The molecule has 2 N–H and O–H groups in total. The van der Waals surface area contributed by atoms with Crippen molar-refractivity contribution < 1.29 is 14.8 Å². The zero-order chi connectivity index (χ0) is 13.7. The maximum absolute atomic E-state index is 10.8. The fourth-order valence-electron chi connectivity index (χ4n) is 1.44. The van der Waals surface area contributed by atoms with Crippen molar-refractivity contribution in [3.05, 3.63) is 28.3 Å². The van der Waals surface area contributed by atoms with Crippen LogP contribution in [0.3, 0.4) is 0 Å². The van der Waals surface area contributed by atoms with Crippen LogP contribution in [0.4, 0.5) is 11.4 Å². The smallest absolute Gasteiger partial charge is 0.275 e. The summed E-state index contributed by atoms with van der Waals surface area (Å²) >= 11 is 0. The van der Waals surface area contributed by atoms with Gasteiger partial charge in [0.05, 0.1) is 23.7 Å². The van der Waals surface area contributed by atoms with Gasteiger partial charge in [0, 0.05) is 23.9 Å². The van der Waals surface area contributed by atoms with E-state index in [0.29, 0.717) is 11.4 Å². The maximum Gasteiger partial charge on any atom is 0.275 e. The predicted molar refractivity (Wildman–Crippen MR) is 69.0 cm³/mol. The van der Waals surface area contributed by atoms with Crippen LogP contribution < -0.4 is 10.1 Å². The summed E-state index contributed by atoms with van der Waals surface area (Å²) < 4.78 is 5.45. The summed E-state index contributed by atoms with van der Waals surface area (Å²) in [6.45, 7) is 5.43. The number of aliphatic hydroxyl groups is 1. The molecule has 0 aliphatic heterocycles. The third-order valence-electron chi connectivity index (χ3n) is 2.16. The molecule has 0 spiro atoms. The Morgan fingerprint density at radius 2 is 2.06 bits per heavy atom. The Labute approximate surface area is 106 Å². The molecule has 0 saturated heterocycles. The molecule has 0 saturated carbocycles.